The average Bonchev–Trinajstić information content (AvgIpc) is 2.59. The number of ketones is 1. The molecule has 2 aromatic carbocycles. The van der Waals surface area contributed by atoms with Crippen LogP contribution in [0.4, 0.5) is 0 Å². The first kappa shape index (κ1) is 16.0. The van der Waals surface area contributed by atoms with Crippen molar-refractivity contribution in [2.24, 2.45) is 5.92 Å². The molecule has 0 saturated heterocycles. The van der Waals surface area contributed by atoms with E-state index < -0.39 is 5.92 Å². The Morgan fingerprint density at radius 1 is 0.955 bits per heavy atom. The molecular formula is C19H20O3. The molecule has 22 heavy (non-hydrogen) atoms. The first-order chi connectivity index (χ1) is 10.7. The molecule has 0 heterocycles. The predicted molar refractivity (Wildman–Crippen MR) is 85.7 cm³/mol. The van der Waals surface area contributed by atoms with Gasteiger partial charge in [-0.05, 0) is 18.4 Å². The van der Waals surface area contributed by atoms with Crippen LogP contribution >= 0.6 is 0 Å². The summed E-state index contributed by atoms with van der Waals surface area (Å²) in [6.45, 7) is 0. The molecule has 0 radical (unpaired) electrons. The molecule has 3 heteroatoms. The zero-order valence-electron chi connectivity index (χ0n) is 12.7. The zero-order valence-corrected chi connectivity index (χ0v) is 12.7. The topological polar surface area (TPSA) is 43.4 Å². The van der Waals surface area contributed by atoms with Crippen molar-refractivity contribution in [3.8, 4) is 0 Å². The van der Waals surface area contributed by atoms with E-state index in [1.165, 1.54) is 7.11 Å². The third-order valence-corrected chi connectivity index (χ3v) is 3.69. The minimum Gasteiger partial charge on any atom is -0.469 e. The summed E-state index contributed by atoms with van der Waals surface area (Å²) < 4.78 is 4.85. The lowest BCUT2D eigenvalue weighted by Crippen LogP contribution is -2.20. The number of hydrogen-bond acceptors (Lipinski definition) is 3. The predicted octanol–water partition coefficient (Wildman–Crippen LogP) is 3.68. The summed E-state index contributed by atoms with van der Waals surface area (Å²) in [5.41, 5.74) is 1.79. The van der Waals surface area contributed by atoms with E-state index in [-0.39, 0.29) is 18.2 Å². The lowest BCUT2D eigenvalue weighted by Gasteiger charge is -2.14. The van der Waals surface area contributed by atoms with Crippen LogP contribution in [0.2, 0.25) is 0 Å². The summed E-state index contributed by atoms with van der Waals surface area (Å²) in [6.07, 6.45) is 1.54. The van der Waals surface area contributed by atoms with Crippen molar-refractivity contribution in [3.05, 3.63) is 71.8 Å². The van der Waals surface area contributed by atoms with Gasteiger partial charge in [0.25, 0.3) is 0 Å². The van der Waals surface area contributed by atoms with Crippen LogP contribution in [0.1, 0.15) is 28.8 Å². The molecule has 0 amide bonds. The molecular weight excluding hydrogens is 276 g/mol. The average molecular weight is 296 g/mol. The Labute approximate surface area is 130 Å². The first-order valence-corrected chi connectivity index (χ1v) is 7.40. The molecule has 0 aliphatic heterocycles. The fraction of sp³-hybridized carbons (Fsp3) is 0.263. The summed E-state index contributed by atoms with van der Waals surface area (Å²) in [7, 11) is 1.37. The van der Waals surface area contributed by atoms with E-state index in [0.717, 1.165) is 12.0 Å². The second-order valence-electron chi connectivity index (χ2n) is 5.24. The summed E-state index contributed by atoms with van der Waals surface area (Å²) in [6, 6.07) is 19.0. The van der Waals surface area contributed by atoms with Gasteiger partial charge in [0.15, 0.2) is 5.78 Å². The highest BCUT2D eigenvalue weighted by molar-refractivity contribution is 5.98. The Balaban J connectivity index is 2.00. The Kier molecular flexibility index (Phi) is 5.90. The van der Waals surface area contributed by atoms with Crippen LogP contribution in [0.15, 0.2) is 60.7 Å². The molecule has 0 spiro atoms. The maximum atomic E-state index is 12.3. The number of hydrogen-bond donors (Lipinski definition) is 0. The van der Waals surface area contributed by atoms with Crippen molar-refractivity contribution in [3.63, 3.8) is 0 Å². The molecule has 0 bridgehead atoms. The lowest BCUT2D eigenvalue weighted by molar-refractivity contribution is -0.145. The van der Waals surface area contributed by atoms with Crippen LogP contribution < -0.4 is 0 Å². The van der Waals surface area contributed by atoms with E-state index in [2.05, 4.69) is 0 Å². The number of esters is 1. The number of rotatable bonds is 7. The number of carbonyl (C=O) groups is 2. The van der Waals surface area contributed by atoms with Crippen LogP contribution in [0.3, 0.4) is 0 Å². The zero-order chi connectivity index (χ0) is 15.8. The van der Waals surface area contributed by atoms with Crippen LogP contribution in [0, 0.1) is 5.92 Å². The monoisotopic (exact) mass is 296 g/mol. The molecule has 0 aliphatic carbocycles. The summed E-state index contributed by atoms with van der Waals surface area (Å²) in [5, 5.41) is 0. The number of carbonyl (C=O) groups excluding carboxylic acids is 2. The highest BCUT2D eigenvalue weighted by Crippen LogP contribution is 2.18. The minimum atomic E-state index is -0.405. The van der Waals surface area contributed by atoms with Gasteiger partial charge in [0.1, 0.15) is 0 Å². The normalized spacial score (nSPS) is 11.7. The van der Waals surface area contributed by atoms with Gasteiger partial charge in [-0.1, -0.05) is 60.7 Å². The molecule has 1 atom stereocenters. The van der Waals surface area contributed by atoms with Crippen molar-refractivity contribution in [1.29, 1.82) is 0 Å². The Morgan fingerprint density at radius 2 is 1.55 bits per heavy atom. The summed E-state index contributed by atoms with van der Waals surface area (Å²) in [4.78, 5) is 24.2. The maximum Gasteiger partial charge on any atom is 0.309 e. The van der Waals surface area contributed by atoms with Gasteiger partial charge in [0.05, 0.1) is 13.0 Å². The molecule has 1 unspecified atom stereocenters. The van der Waals surface area contributed by atoms with Crippen molar-refractivity contribution in [1.82, 2.24) is 0 Å². The van der Waals surface area contributed by atoms with Gasteiger partial charge in [-0.3, -0.25) is 9.59 Å². The van der Waals surface area contributed by atoms with Crippen LogP contribution in [0.25, 0.3) is 0 Å². The number of methoxy groups -OCH3 is 1. The fourth-order valence-corrected chi connectivity index (χ4v) is 2.42. The highest BCUT2D eigenvalue weighted by atomic mass is 16.5. The SMILES string of the molecule is COC(=O)C(CCc1ccccc1)CC(=O)c1ccccc1. The smallest absolute Gasteiger partial charge is 0.309 e. The molecule has 2 aromatic rings. The number of ether oxygens (including phenoxy) is 1. The van der Waals surface area contributed by atoms with Crippen molar-refractivity contribution >= 4 is 11.8 Å². The fourth-order valence-electron chi connectivity index (χ4n) is 2.42. The molecule has 0 fully saturated rings. The van der Waals surface area contributed by atoms with Gasteiger partial charge in [0.2, 0.25) is 0 Å². The minimum absolute atomic E-state index is 0.0240. The third kappa shape index (κ3) is 4.55. The summed E-state index contributed by atoms with van der Waals surface area (Å²) >= 11 is 0. The van der Waals surface area contributed by atoms with Gasteiger partial charge >= 0.3 is 5.97 Å². The number of Topliss-reactive ketones (excluding diaryl/α,β-unsaturated/α-hetero) is 1. The van der Waals surface area contributed by atoms with Crippen LogP contribution in [0.5, 0.6) is 0 Å². The maximum absolute atomic E-state index is 12.3. The van der Waals surface area contributed by atoms with Crippen LogP contribution in [-0.4, -0.2) is 18.9 Å². The Morgan fingerprint density at radius 3 is 2.14 bits per heavy atom. The van der Waals surface area contributed by atoms with Gasteiger partial charge < -0.3 is 4.74 Å². The quantitative estimate of drug-likeness (QED) is 0.578. The second kappa shape index (κ2) is 8.13. The van der Waals surface area contributed by atoms with Gasteiger partial charge in [-0.15, -0.1) is 0 Å². The number of aryl methyl sites for hydroxylation is 1. The van der Waals surface area contributed by atoms with Gasteiger partial charge in [-0.2, -0.15) is 0 Å². The van der Waals surface area contributed by atoms with E-state index in [4.69, 9.17) is 4.74 Å². The van der Waals surface area contributed by atoms with Crippen LogP contribution in [-0.2, 0) is 16.0 Å². The molecule has 0 aliphatic rings. The number of benzene rings is 2. The molecule has 114 valence electrons. The Bertz CT molecular complexity index is 605. The molecule has 0 aromatic heterocycles. The van der Waals surface area contributed by atoms with Crippen molar-refractivity contribution in [2.45, 2.75) is 19.3 Å². The molecule has 3 nitrogen and oxygen atoms in total. The first-order valence-electron chi connectivity index (χ1n) is 7.40. The van der Waals surface area contributed by atoms with Crippen molar-refractivity contribution in [2.75, 3.05) is 7.11 Å². The second-order valence-corrected chi connectivity index (χ2v) is 5.24. The van der Waals surface area contributed by atoms with E-state index in [1.54, 1.807) is 12.1 Å². The van der Waals surface area contributed by atoms with Gasteiger partial charge in [0, 0.05) is 12.0 Å². The largest absolute Gasteiger partial charge is 0.469 e. The van der Waals surface area contributed by atoms with E-state index in [9.17, 15) is 9.59 Å². The van der Waals surface area contributed by atoms with Crippen molar-refractivity contribution < 1.29 is 14.3 Å². The molecule has 0 N–H and O–H groups in total. The standard InChI is InChI=1S/C19H20O3/c1-22-19(21)17(13-12-15-8-4-2-5-9-15)14-18(20)16-10-6-3-7-11-16/h2-11,17H,12-14H2,1H3. The third-order valence-electron chi connectivity index (χ3n) is 3.69. The highest BCUT2D eigenvalue weighted by Gasteiger charge is 2.23. The van der Waals surface area contributed by atoms with E-state index in [0.29, 0.717) is 12.0 Å². The van der Waals surface area contributed by atoms with Gasteiger partial charge in [-0.25, -0.2) is 0 Å². The summed E-state index contributed by atoms with van der Waals surface area (Å²) in [5.74, 6) is -0.748. The molecule has 0 saturated carbocycles. The van der Waals surface area contributed by atoms with E-state index >= 15 is 0 Å². The Hall–Kier alpha value is -2.42. The molecule has 2 rings (SSSR count). The lowest BCUT2D eigenvalue weighted by atomic mass is 9.92. The van der Waals surface area contributed by atoms with E-state index in [1.807, 2.05) is 48.5 Å².